The molecule has 1 N–H and O–H groups in total. The number of halogens is 2. The number of nitrogens with one attached hydrogen (secondary N) is 1. The number of pyridine rings is 1. The molecule has 0 atom stereocenters. The Hall–Kier alpha value is -2.53. The second kappa shape index (κ2) is 7.36. The van der Waals surface area contributed by atoms with Gasteiger partial charge in [0.15, 0.2) is 0 Å². The third-order valence-corrected chi connectivity index (χ3v) is 4.18. The maximum Gasteiger partial charge on any atom is 0.237 e. The third kappa shape index (κ3) is 3.68. The Morgan fingerprint density at radius 3 is 2.04 bits per heavy atom. The van der Waals surface area contributed by atoms with Crippen LogP contribution in [0.15, 0.2) is 77.4 Å². The van der Waals surface area contributed by atoms with Crippen molar-refractivity contribution in [2.45, 2.75) is 5.92 Å². The average Bonchev–Trinajstić information content (AvgIpc) is 2.60. The number of rotatable bonds is 4. The minimum Gasteiger partial charge on any atom is -0.309 e. The van der Waals surface area contributed by atoms with E-state index in [1.807, 2.05) is 60.7 Å². The Morgan fingerprint density at radius 2 is 1.54 bits per heavy atom. The van der Waals surface area contributed by atoms with Gasteiger partial charge in [-0.3, -0.25) is 4.79 Å². The number of amides is 1. The van der Waals surface area contributed by atoms with Crippen LogP contribution in [0.1, 0.15) is 17.0 Å². The molecule has 0 fully saturated rings. The highest BCUT2D eigenvalue weighted by Crippen LogP contribution is 2.27. The zero-order valence-corrected chi connectivity index (χ0v) is 14.2. The molecule has 1 amide bonds. The van der Waals surface area contributed by atoms with Gasteiger partial charge >= 0.3 is 0 Å². The van der Waals surface area contributed by atoms with Crippen molar-refractivity contribution in [2.24, 2.45) is 0 Å². The lowest BCUT2D eigenvalue weighted by molar-refractivity contribution is -0.116. The molecule has 0 radical (unpaired) electrons. The van der Waals surface area contributed by atoms with Crippen molar-refractivity contribution in [3.8, 4) is 0 Å². The van der Waals surface area contributed by atoms with E-state index in [1.165, 1.54) is 6.07 Å². The van der Waals surface area contributed by atoms with Gasteiger partial charge in [-0.15, -0.1) is 0 Å². The number of hydrogen-bond donors (Lipinski definition) is 1. The molecule has 3 nitrogen and oxygen atoms in total. The topological polar surface area (TPSA) is 42.0 Å². The van der Waals surface area contributed by atoms with Gasteiger partial charge in [-0.1, -0.05) is 60.7 Å². The summed E-state index contributed by atoms with van der Waals surface area (Å²) in [5.41, 5.74) is 1.75. The molecule has 5 heteroatoms. The molecule has 3 aromatic rings. The highest BCUT2D eigenvalue weighted by molar-refractivity contribution is 9.10. The van der Waals surface area contributed by atoms with Crippen LogP contribution in [0.5, 0.6) is 0 Å². The molecule has 0 bridgehead atoms. The maximum absolute atomic E-state index is 13.2. The molecule has 0 unspecified atom stereocenters. The molecule has 24 heavy (non-hydrogen) atoms. The Balaban J connectivity index is 1.95. The summed E-state index contributed by atoms with van der Waals surface area (Å²) >= 11 is 3.22. The zero-order chi connectivity index (χ0) is 16.9. The van der Waals surface area contributed by atoms with Crippen molar-refractivity contribution < 1.29 is 9.18 Å². The van der Waals surface area contributed by atoms with E-state index < -0.39 is 11.7 Å². The highest BCUT2D eigenvalue weighted by atomic mass is 79.9. The van der Waals surface area contributed by atoms with Crippen LogP contribution in [0.25, 0.3) is 0 Å². The van der Waals surface area contributed by atoms with Crippen molar-refractivity contribution in [3.63, 3.8) is 0 Å². The largest absolute Gasteiger partial charge is 0.309 e. The van der Waals surface area contributed by atoms with Gasteiger partial charge in [-0.05, 0) is 33.1 Å². The summed E-state index contributed by atoms with van der Waals surface area (Å²) in [5.74, 6) is -0.890. The van der Waals surface area contributed by atoms with E-state index in [-0.39, 0.29) is 5.91 Å². The van der Waals surface area contributed by atoms with Crippen molar-refractivity contribution in [2.75, 3.05) is 5.32 Å². The lowest BCUT2D eigenvalue weighted by Gasteiger charge is -2.18. The van der Waals surface area contributed by atoms with E-state index in [1.54, 1.807) is 0 Å². The summed E-state index contributed by atoms with van der Waals surface area (Å²) in [6.45, 7) is 0. The first-order valence-corrected chi connectivity index (χ1v) is 8.16. The van der Waals surface area contributed by atoms with E-state index in [2.05, 4.69) is 26.2 Å². The van der Waals surface area contributed by atoms with Gasteiger partial charge in [-0.25, -0.2) is 9.37 Å². The lowest BCUT2D eigenvalue weighted by atomic mass is 9.90. The van der Waals surface area contributed by atoms with Gasteiger partial charge in [0.1, 0.15) is 11.6 Å². The number of hydrogen-bond acceptors (Lipinski definition) is 2. The minimum atomic E-state index is -0.480. The molecule has 1 heterocycles. The van der Waals surface area contributed by atoms with Crippen LogP contribution in [0.4, 0.5) is 10.2 Å². The molecule has 0 aliphatic heterocycles. The quantitative estimate of drug-likeness (QED) is 0.704. The fraction of sp³-hybridized carbons (Fsp3) is 0.0526. The summed E-state index contributed by atoms with van der Waals surface area (Å²) < 4.78 is 13.6. The van der Waals surface area contributed by atoms with Crippen molar-refractivity contribution in [1.29, 1.82) is 0 Å². The number of carbonyl (C=O) groups is 1. The molecule has 0 saturated heterocycles. The molecular formula is C19H14BrFN2O. The van der Waals surface area contributed by atoms with E-state index in [0.29, 0.717) is 10.3 Å². The van der Waals surface area contributed by atoms with Gasteiger partial charge in [0.05, 0.1) is 16.6 Å². The summed E-state index contributed by atoms with van der Waals surface area (Å²) in [7, 11) is 0. The minimum absolute atomic E-state index is 0.229. The SMILES string of the molecule is O=C(Nc1ncc(F)cc1Br)C(c1ccccc1)c1ccccc1. The van der Waals surface area contributed by atoms with Gasteiger partial charge in [0.25, 0.3) is 0 Å². The van der Waals surface area contributed by atoms with Crippen LogP contribution in [0.3, 0.4) is 0 Å². The van der Waals surface area contributed by atoms with Crippen LogP contribution in [-0.2, 0) is 4.79 Å². The number of benzene rings is 2. The molecular weight excluding hydrogens is 371 g/mol. The molecule has 0 saturated carbocycles. The summed E-state index contributed by atoms with van der Waals surface area (Å²) in [5, 5.41) is 2.77. The number of anilines is 1. The van der Waals surface area contributed by atoms with Gasteiger partial charge in [0.2, 0.25) is 5.91 Å². The number of aromatic nitrogens is 1. The zero-order valence-electron chi connectivity index (χ0n) is 12.6. The first kappa shape index (κ1) is 16.3. The molecule has 120 valence electrons. The molecule has 0 aliphatic carbocycles. The van der Waals surface area contributed by atoms with Gasteiger partial charge < -0.3 is 5.32 Å². The van der Waals surface area contributed by atoms with E-state index in [0.717, 1.165) is 17.3 Å². The van der Waals surface area contributed by atoms with Crippen LogP contribution in [0.2, 0.25) is 0 Å². The highest BCUT2D eigenvalue weighted by Gasteiger charge is 2.23. The summed E-state index contributed by atoms with van der Waals surface area (Å²) in [4.78, 5) is 16.8. The van der Waals surface area contributed by atoms with Crippen molar-refractivity contribution >= 4 is 27.7 Å². The molecule has 2 aromatic carbocycles. The Bertz CT molecular complexity index is 801. The normalized spacial score (nSPS) is 10.6. The molecule has 0 aliphatic rings. The average molecular weight is 385 g/mol. The van der Waals surface area contributed by atoms with Crippen LogP contribution in [0, 0.1) is 5.82 Å². The second-order valence-corrected chi connectivity index (χ2v) is 6.08. The fourth-order valence-corrected chi connectivity index (χ4v) is 2.90. The third-order valence-electron chi connectivity index (χ3n) is 3.58. The number of carbonyl (C=O) groups excluding carboxylic acids is 1. The van der Waals surface area contributed by atoms with Crippen molar-refractivity contribution in [1.82, 2.24) is 4.98 Å². The molecule has 1 aromatic heterocycles. The first-order valence-electron chi connectivity index (χ1n) is 7.37. The smallest absolute Gasteiger partial charge is 0.237 e. The monoisotopic (exact) mass is 384 g/mol. The predicted molar refractivity (Wildman–Crippen MR) is 95.3 cm³/mol. The maximum atomic E-state index is 13.2. The first-order chi connectivity index (χ1) is 11.6. The van der Waals surface area contributed by atoms with Crippen molar-refractivity contribution in [3.05, 3.63) is 94.3 Å². The van der Waals surface area contributed by atoms with E-state index in [4.69, 9.17) is 0 Å². The Kier molecular flexibility index (Phi) is 5.01. The van der Waals surface area contributed by atoms with Crippen LogP contribution < -0.4 is 5.32 Å². The molecule has 0 spiro atoms. The Labute approximate surface area is 147 Å². The second-order valence-electron chi connectivity index (χ2n) is 5.23. The van der Waals surface area contributed by atoms with E-state index in [9.17, 15) is 9.18 Å². The fourth-order valence-electron chi connectivity index (χ4n) is 2.48. The van der Waals surface area contributed by atoms with E-state index >= 15 is 0 Å². The van der Waals surface area contributed by atoms with Gasteiger partial charge in [-0.2, -0.15) is 0 Å². The molecule has 3 rings (SSSR count). The summed E-state index contributed by atoms with van der Waals surface area (Å²) in [6, 6.07) is 20.3. The lowest BCUT2D eigenvalue weighted by Crippen LogP contribution is -2.23. The van der Waals surface area contributed by atoms with Crippen LogP contribution in [-0.4, -0.2) is 10.9 Å². The summed E-state index contributed by atoms with van der Waals surface area (Å²) in [6.07, 6.45) is 1.07. The standard InChI is InChI=1S/C19H14BrFN2O/c20-16-11-15(21)12-22-18(16)23-19(24)17(13-7-3-1-4-8-13)14-9-5-2-6-10-14/h1-12,17H,(H,22,23,24). The predicted octanol–water partition coefficient (Wildman–Crippen LogP) is 4.75. The van der Waals surface area contributed by atoms with Gasteiger partial charge in [0, 0.05) is 0 Å². The Morgan fingerprint density at radius 1 is 1.00 bits per heavy atom. The van der Waals surface area contributed by atoms with Crippen LogP contribution >= 0.6 is 15.9 Å². The number of nitrogens with zero attached hydrogens (tertiary/aromatic N) is 1.